The Morgan fingerprint density at radius 3 is 2.64 bits per heavy atom. The fourth-order valence-corrected chi connectivity index (χ4v) is 2.10. The molecule has 2 N–H and O–H groups in total. The van der Waals surface area contributed by atoms with Crippen LogP contribution in [0.3, 0.4) is 0 Å². The van der Waals surface area contributed by atoms with Crippen molar-refractivity contribution in [3.05, 3.63) is 54.0 Å². The van der Waals surface area contributed by atoms with E-state index in [2.05, 4.69) is 10.6 Å². The fraction of sp³-hybridized carbons (Fsp3) is 0.294. The molecule has 1 aromatic heterocycles. The van der Waals surface area contributed by atoms with Gasteiger partial charge in [0.05, 0.1) is 12.8 Å². The quantitative estimate of drug-likeness (QED) is 0.825. The molecular formula is C17H20N2O3. The molecular weight excluding hydrogens is 280 g/mol. The molecule has 1 heterocycles. The Kier molecular flexibility index (Phi) is 5.77. The van der Waals surface area contributed by atoms with Gasteiger partial charge < -0.3 is 15.1 Å². The third-order valence-corrected chi connectivity index (χ3v) is 3.30. The average molecular weight is 300 g/mol. The molecule has 1 aromatic carbocycles. The number of para-hydroxylation sites is 1. The number of hydrogen-bond donors (Lipinski definition) is 2. The van der Waals surface area contributed by atoms with E-state index >= 15 is 0 Å². The number of furan rings is 1. The van der Waals surface area contributed by atoms with Gasteiger partial charge in [0.25, 0.3) is 0 Å². The van der Waals surface area contributed by atoms with E-state index in [-0.39, 0.29) is 18.4 Å². The number of nitrogens with one attached hydrogen (secondary N) is 2. The van der Waals surface area contributed by atoms with Gasteiger partial charge in [-0.3, -0.25) is 9.59 Å². The van der Waals surface area contributed by atoms with Crippen LogP contribution in [0.25, 0.3) is 0 Å². The molecule has 0 fully saturated rings. The maximum absolute atomic E-state index is 11.9. The van der Waals surface area contributed by atoms with E-state index in [1.54, 1.807) is 12.3 Å². The number of benzene rings is 1. The normalized spacial score (nSPS) is 10.2. The first-order valence-electron chi connectivity index (χ1n) is 7.36. The molecule has 5 nitrogen and oxygen atoms in total. The molecule has 116 valence electrons. The summed E-state index contributed by atoms with van der Waals surface area (Å²) in [5.41, 5.74) is 1.86. The molecule has 0 aliphatic heterocycles. The van der Waals surface area contributed by atoms with E-state index in [4.69, 9.17) is 4.42 Å². The maximum atomic E-state index is 11.9. The van der Waals surface area contributed by atoms with E-state index in [0.29, 0.717) is 12.8 Å². The topological polar surface area (TPSA) is 71.3 Å². The van der Waals surface area contributed by atoms with Gasteiger partial charge in [0.2, 0.25) is 11.8 Å². The Hall–Kier alpha value is -2.56. The Morgan fingerprint density at radius 2 is 1.91 bits per heavy atom. The number of amides is 2. The summed E-state index contributed by atoms with van der Waals surface area (Å²) in [5.74, 6) is 0.360. The molecule has 0 aliphatic rings. The second-order valence-corrected chi connectivity index (χ2v) is 4.91. The first-order valence-corrected chi connectivity index (χ1v) is 7.36. The number of carbonyl (C=O) groups is 2. The number of carbonyl (C=O) groups excluding carboxylic acids is 2. The molecule has 0 spiro atoms. The van der Waals surface area contributed by atoms with Crippen LogP contribution in [-0.2, 0) is 22.4 Å². The van der Waals surface area contributed by atoms with Crippen LogP contribution in [0.4, 0.5) is 5.69 Å². The lowest BCUT2D eigenvalue weighted by Crippen LogP contribution is -2.33. The molecule has 2 amide bonds. The van der Waals surface area contributed by atoms with Crippen LogP contribution in [0, 0.1) is 0 Å². The van der Waals surface area contributed by atoms with E-state index in [9.17, 15) is 9.59 Å². The zero-order valence-corrected chi connectivity index (χ0v) is 12.6. The summed E-state index contributed by atoms with van der Waals surface area (Å²) >= 11 is 0. The standard InChI is InChI=1S/C17H20N2O3/c1-2-13-6-3-4-8-15(13)19-17(21)12-18-16(20)10-9-14-7-5-11-22-14/h3-8,11H,2,9-10,12H2,1H3,(H,18,20)(H,19,21). The number of hydrogen-bond acceptors (Lipinski definition) is 3. The maximum Gasteiger partial charge on any atom is 0.243 e. The first kappa shape index (κ1) is 15.8. The highest BCUT2D eigenvalue weighted by molar-refractivity contribution is 5.95. The Labute approximate surface area is 129 Å². The lowest BCUT2D eigenvalue weighted by molar-refractivity contribution is -0.124. The van der Waals surface area contributed by atoms with Crippen molar-refractivity contribution < 1.29 is 14.0 Å². The van der Waals surface area contributed by atoms with Crippen molar-refractivity contribution in [1.29, 1.82) is 0 Å². The third kappa shape index (κ3) is 4.77. The highest BCUT2D eigenvalue weighted by atomic mass is 16.3. The number of aryl methyl sites for hydroxylation is 2. The predicted octanol–water partition coefficient (Wildman–Crippen LogP) is 2.53. The minimum Gasteiger partial charge on any atom is -0.469 e. The van der Waals surface area contributed by atoms with Crippen molar-refractivity contribution in [1.82, 2.24) is 5.32 Å². The molecule has 0 saturated carbocycles. The van der Waals surface area contributed by atoms with Crippen molar-refractivity contribution in [3.8, 4) is 0 Å². The Morgan fingerprint density at radius 1 is 1.09 bits per heavy atom. The van der Waals surface area contributed by atoms with Gasteiger partial charge in [0, 0.05) is 18.5 Å². The van der Waals surface area contributed by atoms with Crippen LogP contribution in [0.15, 0.2) is 47.1 Å². The molecule has 0 bridgehead atoms. The Balaban J connectivity index is 1.74. The van der Waals surface area contributed by atoms with Crippen molar-refractivity contribution >= 4 is 17.5 Å². The molecule has 2 aromatic rings. The highest BCUT2D eigenvalue weighted by Crippen LogP contribution is 2.14. The second kappa shape index (κ2) is 8.02. The minimum absolute atomic E-state index is 0.0327. The van der Waals surface area contributed by atoms with Gasteiger partial charge in [-0.2, -0.15) is 0 Å². The van der Waals surface area contributed by atoms with E-state index in [1.807, 2.05) is 37.3 Å². The smallest absolute Gasteiger partial charge is 0.243 e. The van der Waals surface area contributed by atoms with Gasteiger partial charge in [-0.1, -0.05) is 25.1 Å². The molecule has 0 saturated heterocycles. The van der Waals surface area contributed by atoms with E-state index in [0.717, 1.165) is 23.4 Å². The summed E-state index contributed by atoms with van der Waals surface area (Å²) in [5, 5.41) is 5.42. The first-order chi connectivity index (χ1) is 10.7. The zero-order chi connectivity index (χ0) is 15.8. The third-order valence-electron chi connectivity index (χ3n) is 3.30. The van der Waals surface area contributed by atoms with E-state index in [1.165, 1.54) is 0 Å². The molecule has 0 atom stereocenters. The fourth-order valence-electron chi connectivity index (χ4n) is 2.10. The van der Waals surface area contributed by atoms with Crippen LogP contribution < -0.4 is 10.6 Å². The van der Waals surface area contributed by atoms with Gasteiger partial charge in [-0.25, -0.2) is 0 Å². The van der Waals surface area contributed by atoms with Crippen LogP contribution >= 0.6 is 0 Å². The van der Waals surface area contributed by atoms with Gasteiger partial charge in [0.1, 0.15) is 5.76 Å². The lowest BCUT2D eigenvalue weighted by atomic mass is 10.1. The lowest BCUT2D eigenvalue weighted by Gasteiger charge is -2.10. The van der Waals surface area contributed by atoms with Gasteiger partial charge >= 0.3 is 0 Å². The van der Waals surface area contributed by atoms with Gasteiger partial charge in [-0.05, 0) is 30.2 Å². The summed E-state index contributed by atoms with van der Waals surface area (Å²) in [4.78, 5) is 23.6. The van der Waals surface area contributed by atoms with Crippen LogP contribution in [0.1, 0.15) is 24.7 Å². The minimum atomic E-state index is -0.229. The summed E-state index contributed by atoms with van der Waals surface area (Å²) in [6, 6.07) is 11.2. The largest absolute Gasteiger partial charge is 0.469 e. The van der Waals surface area contributed by atoms with Crippen molar-refractivity contribution in [2.45, 2.75) is 26.2 Å². The van der Waals surface area contributed by atoms with Crippen molar-refractivity contribution in [2.24, 2.45) is 0 Å². The van der Waals surface area contributed by atoms with Crippen molar-refractivity contribution in [3.63, 3.8) is 0 Å². The summed E-state index contributed by atoms with van der Waals surface area (Å²) in [6.45, 7) is 2.00. The predicted molar refractivity (Wildman–Crippen MR) is 84.5 cm³/mol. The summed E-state index contributed by atoms with van der Waals surface area (Å²) < 4.78 is 5.15. The number of anilines is 1. The second-order valence-electron chi connectivity index (χ2n) is 4.91. The monoisotopic (exact) mass is 300 g/mol. The molecule has 22 heavy (non-hydrogen) atoms. The van der Waals surface area contributed by atoms with Crippen LogP contribution in [-0.4, -0.2) is 18.4 Å². The molecule has 0 aliphatic carbocycles. The molecule has 5 heteroatoms. The highest BCUT2D eigenvalue weighted by Gasteiger charge is 2.08. The molecule has 0 radical (unpaired) electrons. The number of rotatable bonds is 7. The molecule has 2 rings (SSSR count). The van der Waals surface area contributed by atoms with Crippen molar-refractivity contribution in [2.75, 3.05) is 11.9 Å². The van der Waals surface area contributed by atoms with E-state index < -0.39 is 0 Å². The summed E-state index contributed by atoms with van der Waals surface area (Å²) in [7, 11) is 0. The SMILES string of the molecule is CCc1ccccc1NC(=O)CNC(=O)CCc1ccco1. The van der Waals surface area contributed by atoms with Crippen LogP contribution in [0.2, 0.25) is 0 Å². The average Bonchev–Trinajstić information content (AvgIpc) is 3.05. The Bertz CT molecular complexity index is 621. The summed E-state index contributed by atoms with van der Waals surface area (Å²) in [6.07, 6.45) is 3.24. The zero-order valence-electron chi connectivity index (χ0n) is 12.6. The molecule has 0 unspecified atom stereocenters. The van der Waals surface area contributed by atoms with Gasteiger partial charge in [-0.15, -0.1) is 0 Å². The van der Waals surface area contributed by atoms with Crippen LogP contribution in [0.5, 0.6) is 0 Å². The van der Waals surface area contributed by atoms with Gasteiger partial charge in [0.15, 0.2) is 0 Å².